The molecule has 1 saturated heterocycles. The molecule has 120 valence electrons. The fourth-order valence-corrected chi connectivity index (χ4v) is 3.56. The van der Waals surface area contributed by atoms with Crippen LogP contribution in [0.4, 0.5) is 4.39 Å². The van der Waals surface area contributed by atoms with Crippen LogP contribution in [0.3, 0.4) is 0 Å². The van der Waals surface area contributed by atoms with E-state index in [1.54, 1.807) is 30.6 Å². The molecule has 0 radical (unpaired) electrons. The van der Waals surface area contributed by atoms with E-state index in [2.05, 4.69) is 27.0 Å². The van der Waals surface area contributed by atoms with Crippen molar-refractivity contribution < 1.29 is 9.13 Å². The Morgan fingerprint density at radius 2 is 2.05 bits per heavy atom. The molecule has 1 aliphatic rings. The molecule has 2 heterocycles. The fraction of sp³-hybridized carbons (Fsp3) is 0.375. The van der Waals surface area contributed by atoms with Gasteiger partial charge >= 0.3 is 0 Å². The van der Waals surface area contributed by atoms with E-state index in [1.165, 1.54) is 11.6 Å². The van der Waals surface area contributed by atoms with Crippen LogP contribution in [-0.4, -0.2) is 38.2 Å². The lowest BCUT2D eigenvalue weighted by molar-refractivity contribution is 0.195. The Balaban J connectivity index is 0.00000176. The second-order valence-electron chi connectivity index (χ2n) is 5.13. The lowest BCUT2D eigenvalue weighted by Crippen LogP contribution is -2.45. The molecule has 0 saturated carbocycles. The molecule has 1 atom stereocenters. The van der Waals surface area contributed by atoms with Crippen molar-refractivity contribution in [2.24, 2.45) is 0 Å². The van der Waals surface area contributed by atoms with Crippen molar-refractivity contribution >= 4 is 23.7 Å². The quantitative estimate of drug-likeness (QED) is 0.922. The number of nitrogens with zero attached hydrogens (tertiary/aromatic N) is 1. The van der Waals surface area contributed by atoms with Gasteiger partial charge < -0.3 is 10.1 Å². The molecule has 3 rings (SSSR count). The van der Waals surface area contributed by atoms with Crippen LogP contribution >= 0.6 is 23.7 Å². The van der Waals surface area contributed by atoms with Gasteiger partial charge in [0.15, 0.2) is 0 Å². The van der Waals surface area contributed by atoms with Gasteiger partial charge in [-0.1, -0.05) is 0 Å². The molecule has 1 aliphatic heterocycles. The van der Waals surface area contributed by atoms with Gasteiger partial charge in [-0.25, -0.2) is 4.39 Å². The maximum atomic E-state index is 13.8. The molecule has 1 aromatic heterocycles. The number of ether oxygens (including phenoxy) is 1. The van der Waals surface area contributed by atoms with Crippen LogP contribution in [0.25, 0.3) is 0 Å². The third-order valence-corrected chi connectivity index (χ3v) is 4.56. The summed E-state index contributed by atoms with van der Waals surface area (Å²) in [5.74, 6) is 0.521. The summed E-state index contributed by atoms with van der Waals surface area (Å²) in [6.07, 6.45) is 0. The van der Waals surface area contributed by atoms with Gasteiger partial charge in [0.25, 0.3) is 0 Å². The van der Waals surface area contributed by atoms with Crippen LogP contribution < -0.4 is 10.1 Å². The molecular weight excluding hydrogens is 323 g/mol. The maximum absolute atomic E-state index is 13.8. The van der Waals surface area contributed by atoms with E-state index in [4.69, 9.17) is 4.74 Å². The summed E-state index contributed by atoms with van der Waals surface area (Å²) in [6, 6.07) is 6.92. The minimum Gasteiger partial charge on any atom is -0.496 e. The zero-order chi connectivity index (χ0) is 14.7. The number of hydrogen-bond acceptors (Lipinski definition) is 4. The number of methoxy groups -OCH3 is 1. The van der Waals surface area contributed by atoms with Crippen molar-refractivity contribution in [2.75, 3.05) is 33.3 Å². The molecule has 0 unspecified atom stereocenters. The molecule has 0 bridgehead atoms. The summed E-state index contributed by atoms with van der Waals surface area (Å²) in [5, 5.41) is 7.56. The van der Waals surface area contributed by atoms with Gasteiger partial charge in [-0.05, 0) is 40.6 Å². The molecular formula is C16H20ClFN2OS. The number of rotatable bonds is 4. The van der Waals surface area contributed by atoms with Gasteiger partial charge in [-0.2, -0.15) is 11.3 Å². The predicted molar refractivity (Wildman–Crippen MR) is 90.8 cm³/mol. The van der Waals surface area contributed by atoms with Crippen LogP contribution in [0.2, 0.25) is 0 Å². The number of halogens is 2. The monoisotopic (exact) mass is 342 g/mol. The normalized spacial score (nSPS) is 16.8. The van der Waals surface area contributed by atoms with E-state index in [0.29, 0.717) is 0 Å². The molecule has 3 nitrogen and oxygen atoms in total. The number of benzene rings is 1. The van der Waals surface area contributed by atoms with Gasteiger partial charge in [-0.3, -0.25) is 4.90 Å². The second-order valence-corrected chi connectivity index (χ2v) is 5.91. The van der Waals surface area contributed by atoms with Gasteiger partial charge in [-0.15, -0.1) is 12.4 Å². The molecule has 0 spiro atoms. The Bertz CT molecular complexity index is 588. The molecule has 2 aromatic rings. The van der Waals surface area contributed by atoms with Gasteiger partial charge in [0, 0.05) is 31.7 Å². The zero-order valence-corrected chi connectivity index (χ0v) is 14.1. The first-order valence-corrected chi connectivity index (χ1v) is 8.04. The minimum atomic E-state index is -0.221. The lowest BCUT2D eigenvalue weighted by Gasteiger charge is -2.35. The Morgan fingerprint density at radius 3 is 2.68 bits per heavy atom. The van der Waals surface area contributed by atoms with Crippen molar-refractivity contribution in [1.29, 1.82) is 0 Å². The summed E-state index contributed by atoms with van der Waals surface area (Å²) in [4.78, 5) is 2.38. The van der Waals surface area contributed by atoms with E-state index in [-0.39, 0.29) is 24.3 Å². The van der Waals surface area contributed by atoms with E-state index < -0.39 is 0 Å². The van der Waals surface area contributed by atoms with Gasteiger partial charge in [0.2, 0.25) is 0 Å². The third kappa shape index (κ3) is 3.60. The maximum Gasteiger partial charge on any atom is 0.124 e. The summed E-state index contributed by atoms with van der Waals surface area (Å²) in [7, 11) is 1.64. The topological polar surface area (TPSA) is 24.5 Å². The van der Waals surface area contributed by atoms with Crippen molar-refractivity contribution in [3.8, 4) is 5.75 Å². The smallest absolute Gasteiger partial charge is 0.124 e. The number of piperazine rings is 1. The van der Waals surface area contributed by atoms with Crippen LogP contribution in [0.15, 0.2) is 35.0 Å². The highest BCUT2D eigenvalue weighted by molar-refractivity contribution is 7.08. The van der Waals surface area contributed by atoms with E-state index in [0.717, 1.165) is 37.5 Å². The Labute approximate surface area is 140 Å². The van der Waals surface area contributed by atoms with Crippen molar-refractivity contribution in [3.63, 3.8) is 0 Å². The van der Waals surface area contributed by atoms with Crippen LogP contribution in [0.5, 0.6) is 5.75 Å². The molecule has 22 heavy (non-hydrogen) atoms. The fourth-order valence-electron chi connectivity index (χ4n) is 2.88. The van der Waals surface area contributed by atoms with Crippen molar-refractivity contribution in [2.45, 2.75) is 6.04 Å². The van der Waals surface area contributed by atoms with Crippen LogP contribution in [0.1, 0.15) is 17.2 Å². The first-order valence-electron chi connectivity index (χ1n) is 7.10. The highest BCUT2D eigenvalue weighted by Crippen LogP contribution is 2.36. The number of nitrogens with one attached hydrogen (secondary N) is 1. The van der Waals surface area contributed by atoms with E-state index in [1.807, 2.05) is 0 Å². The SMILES string of the molecule is COc1ccc(F)cc1[C@@H](c1ccsc1)N1CCNCC1.Cl. The van der Waals surface area contributed by atoms with E-state index >= 15 is 0 Å². The van der Waals surface area contributed by atoms with Crippen LogP contribution in [0, 0.1) is 5.82 Å². The molecule has 1 N–H and O–H groups in total. The van der Waals surface area contributed by atoms with Gasteiger partial charge in [0.05, 0.1) is 13.2 Å². The predicted octanol–water partition coefficient (Wildman–Crippen LogP) is 3.31. The van der Waals surface area contributed by atoms with Crippen molar-refractivity contribution in [1.82, 2.24) is 10.2 Å². The molecule has 0 aliphatic carbocycles. The molecule has 1 fully saturated rings. The summed E-state index contributed by atoms with van der Waals surface area (Å²) >= 11 is 1.67. The average molecular weight is 343 g/mol. The largest absolute Gasteiger partial charge is 0.496 e. The third-order valence-electron chi connectivity index (χ3n) is 3.86. The van der Waals surface area contributed by atoms with Crippen LogP contribution in [-0.2, 0) is 0 Å². The first kappa shape index (κ1) is 17.2. The second kappa shape index (κ2) is 7.92. The number of hydrogen-bond donors (Lipinski definition) is 1. The Morgan fingerprint density at radius 1 is 1.27 bits per heavy atom. The van der Waals surface area contributed by atoms with E-state index in [9.17, 15) is 4.39 Å². The molecule has 6 heteroatoms. The number of thiophene rings is 1. The lowest BCUT2D eigenvalue weighted by atomic mass is 9.97. The van der Waals surface area contributed by atoms with Gasteiger partial charge in [0.1, 0.15) is 11.6 Å². The first-order chi connectivity index (χ1) is 10.3. The standard InChI is InChI=1S/C16H19FN2OS.ClH/c1-20-15-3-2-13(17)10-14(15)16(12-4-9-21-11-12)19-7-5-18-6-8-19;/h2-4,9-11,16,18H,5-8H2,1H3;1H/t16-;/m1./s1. The van der Waals surface area contributed by atoms with Crippen molar-refractivity contribution in [3.05, 3.63) is 52.0 Å². The highest BCUT2D eigenvalue weighted by Gasteiger charge is 2.27. The highest BCUT2D eigenvalue weighted by atomic mass is 35.5. The Hall–Kier alpha value is -1.14. The summed E-state index contributed by atoms with van der Waals surface area (Å²) < 4.78 is 19.2. The molecule has 0 amide bonds. The zero-order valence-electron chi connectivity index (χ0n) is 12.4. The molecule has 1 aromatic carbocycles. The Kier molecular flexibility index (Phi) is 6.20. The summed E-state index contributed by atoms with van der Waals surface area (Å²) in [6.45, 7) is 3.80. The minimum absolute atomic E-state index is 0. The summed E-state index contributed by atoms with van der Waals surface area (Å²) in [5.41, 5.74) is 2.10. The average Bonchev–Trinajstić information content (AvgIpc) is 3.03.